The highest BCUT2D eigenvalue weighted by Gasteiger charge is 2.15. The molecule has 5 aromatic rings. The smallest absolute Gasteiger partial charge is 0.307 e. The van der Waals surface area contributed by atoms with Crippen LogP contribution in [0.15, 0.2) is 95.4 Å². The molecule has 4 aromatic carbocycles. The van der Waals surface area contributed by atoms with Gasteiger partial charge in [0, 0.05) is 61.5 Å². The minimum Gasteiger partial charge on any atom is -0.377 e. The Balaban J connectivity index is 1.48. The maximum absolute atomic E-state index is 4.81. The topological polar surface area (TPSA) is 40.0 Å². The minimum absolute atomic E-state index is 0.794. The number of rotatable bonds is 7. The van der Waals surface area contributed by atoms with Crippen molar-refractivity contribution in [3.8, 4) is 0 Å². The van der Waals surface area contributed by atoms with E-state index >= 15 is 0 Å². The van der Waals surface area contributed by atoms with E-state index in [9.17, 15) is 0 Å². The predicted molar refractivity (Wildman–Crippen MR) is 157 cm³/mol. The second-order valence-corrected chi connectivity index (χ2v) is 9.47. The molecule has 0 amide bonds. The summed E-state index contributed by atoms with van der Waals surface area (Å²) in [5, 5.41) is 14.4. The fourth-order valence-corrected chi connectivity index (χ4v) is 4.80. The number of hydrogen-bond donors (Lipinski definition) is 0. The number of aromatic nitrogens is 2. The van der Waals surface area contributed by atoms with Crippen molar-refractivity contribution in [3.05, 3.63) is 102 Å². The van der Waals surface area contributed by atoms with E-state index in [0.29, 0.717) is 0 Å². The third-order valence-corrected chi connectivity index (χ3v) is 6.67. The normalized spacial score (nSPS) is 11.8. The molecule has 0 saturated carbocycles. The molecule has 0 N–H and O–H groups in total. The molecule has 1 aromatic heterocycles. The Kier molecular flexibility index (Phi) is 6.73. The molecule has 0 fully saturated rings. The lowest BCUT2D eigenvalue weighted by Gasteiger charge is -2.16. The van der Waals surface area contributed by atoms with E-state index in [1.807, 2.05) is 34.2 Å². The second kappa shape index (κ2) is 10.3. The first-order valence-electron chi connectivity index (χ1n) is 12.6. The van der Waals surface area contributed by atoms with Gasteiger partial charge in [-0.15, -0.1) is 9.35 Å². The van der Waals surface area contributed by atoms with Gasteiger partial charge in [-0.1, -0.05) is 77.8 Å². The molecule has 1 heterocycles. The lowest BCUT2D eigenvalue weighted by atomic mass is 10.0. The molecule has 186 valence electrons. The average Bonchev–Trinajstić information content (AvgIpc) is 3.31. The van der Waals surface area contributed by atoms with Crippen molar-refractivity contribution in [2.75, 3.05) is 38.0 Å². The van der Waals surface area contributed by atoms with E-state index in [2.05, 4.69) is 118 Å². The van der Waals surface area contributed by atoms with Gasteiger partial charge in [0.15, 0.2) is 12.4 Å². The molecule has 0 unspecified atom stereocenters. The van der Waals surface area contributed by atoms with Crippen LogP contribution in [0.4, 0.5) is 11.4 Å². The largest absolute Gasteiger partial charge is 0.377 e. The third-order valence-electron chi connectivity index (χ3n) is 6.67. The quantitative estimate of drug-likeness (QED) is 0.222. The summed E-state index contributed by atoms with van der Waals surface area (Å²) >= 11 is 0. The Morgan fingerprint density at radius 2 is 1.22 bits per heavy atom. The van der Waals surface area contributed by atoms with Crippen LogP contribution < -0.4 is 14.5 Å². The summed E-state index contributed by atoms with van der Waals surface area (Å²) in [4.78, 5) is 4.28. The summed E-state index contributed by atoms with van der Waals surface area (Å²) in [6.07, 6.45) is 8.57. The molecule has 6 heteroatoms. The molecule has 0 saturated heterocycles. The average molecular weight is 490 g/mol. The van der Waals surface area contributed by atoms with Crippen molar-refractivity contribution in [3.63, 3.8) is 0 Å². The first-order valence-corrected chi connectivity index (χ1v) is 12.6. The van der Waals surface area contributed by atoms with Crippen molar-refractivity contribution < 1.29 is 4.68 Å². The highest BCUT2D eigenvalue weighted by atomic mass is 15.5. The molecule has 0 spiro atoms. The zero-order valence-electron chi connectivity index (χ0n) is 22.1. The van der Waals surface area contributed by atoms with Crippen molar-refractivity contribution in [2.45, 2.75) is 13.3 Å². The Bertz CT molecular complexity index is 1510. The van der Waals surface area contributed by atoms with Crippen LogP contribution in [0.3, 0.4) is 0 Å². The molecule has 0 bridgehead atoms. The fourth-order valence-electron chi connectivity index (χ4n) is 4.80. The van der Waals surface area contributed by atoms with E-state index in [1.165, 1.54) is 32.9 Å². The van der Waals surface area contributed by atoms with Crippen LogP contribution in [-0.4, -0.2) is 45.3 Å². The van der Waals surface area contributed by atoms with Gasteiger partial charge in [0.1, 0.15) is 0 Å². The molecular formula is C31H33N6+. The van der Waals surface area contributed by atoms with Crippen LogP contribution in [0.1, 0.15) is 23.9 Å². The molecule has 0 atom stereocenters. The van der Waals surface area contributed by atoms with Crippen LogP contribution in [0.5, 0.6) is 0 Å². The van der Waals surface area contributed by atoms with Gasteiger partial charge in [-0.25, -0.2) is 0 Å². The van der Waals surface area contributed by atoms with Crippen LogP contribution in [0.25, 0.3) is 21.5 Å². The third kappa shape index (κ3) is 4.70. The van der Waals surface area contributed by atoms with Gasteiger partial charge in [0.25, 0.3) is 0 Å². The first-order chi connectivity index (χ1) is 18.0. The molecule has 37 heavy (non-hydrogen) atoms. The van der Waals surface area contributed by atoms with Crippen molar-refractivity contribution >= 4 is 45.3 Å². The lowest BCUT2D eigenvalue weighted by molar-refractivity contribution is -0.685. The highest BCUT2D eigenvalue weighted by Crippen LogP contribution is 2.28. The van der Waals surface area contributed by atoms with Gasteiger partial charge >= 0.3 is 5.82 Å². The Labute approximate surface area is 218 Å². The number of hydrogen-bond acceptors (Lipinski definition) is 4. The van der Waals surface area contributed by atoms with Crippen molar-refractivity contribution in [1.82, 2.24) is 4.68 Å². The maximum Gasteiger partial charge on any atom is 0.307 e. The van der Waals surface area contributed by atoms with E-state index in [-0.39, 0.29) is 0 Å². The van der Waals surface area contributed by atoms with Crippen molar-refractivity contribution in [1.29, 1.82) is 0 Å². The SMILES string of the molecule is CCc1n(/N=C/c2ccc(N(C)C)c3ccccc23)cc[n+]1/N=C/c1ccc(N(C)C)c2ccccc12. The zero-order valence-corrected chi connectivity index (χ0v) is 22.1. The molecule has 0 aliphatic carbocycles. The number of imidazole rings is 1. The Morgan fingerprint density at radius 3 is 1.73 bits per heavy atom. The number of fused-ring (bicyclic) bond motifs is 2. The number of anilines is 2. The summed E-state index contributed by atoms with van der Waals surface area (Å²) in [6.45, 7) is 2.12. The molecule has 0 aliphatic heterocycles. The van der Waals surface area contributed by atoms with Crippen LogP contribution in [0.2, 0.25) is 0 Å². The Hall–Kier alpha value is -4.45. The standard InChI is InChI=1S/C31H33N6/c1-6-31-36(32-21-23-15-17-29(34(2)3)27-13-9-7-11-25(23)27)19-20-37(31)33-22-24-16-18-30(35(4)5)28-14-10-8-12-26(24)28/h7-22H,6H2,1-5H3/q+1/b32-21+,33-22+. The maximum atomic E-state index is 4.81. The first kappa shape index (κ1) is 24.3. The Morgan fingerprint density at radius 1 is 0.703 bits per heavy atom. The predicted octanol–water partition coefficient (Wildman–Crippen LogP) is 5.54. The number of nitrogens with zero attached hydrogens (tertiary/aromatic N) is 6. The molecular weight excluding hydrogens is 456 g/mol. The second-order valence-electron chi connectivity index (χ2n) is 9.47. The van der Waals surface area contributed by atoms with Gasteiger partial charge in [-0.05, 0) is 22.9 Å². The summed E-state index contributed by atoms with van der Waals surface area (Å²) in [7, 11) is 8.28. The monoisotopic (exact) mass is 489 g/mol. The van der Waals surface area contributed by atoms with Gasteiger partial charge in [0.05, 0.1) is 18.9 Å². The van der Waals surface area contributed by atoms with Gasteiger partial charge in [-0.3, -0.25) is 0 Å². The van der Waals surface area contributed by atoms with Gasteiger partial charge in [-0.2, -0.15) is 0 Å². The van der Waals surface area contributed by atoms with Crippen LogP contribution in [0, 0.1) is 0 Å². The minimum atomic E-state index is 0.794. The summed E-state index contributed by atoms with van der Waals surface area (Å²) in [5.74, 6) is 0.996. The zero-order chi connectivity index (χ0) is 25.9. The molecule has 6 nitrogen and oxygen atoms in total. The van der Waals surface area contributed by atoms with Crippen LogP contribution >= 0.6 is 0 Å². The van der Waals surface area contributed by atoms with Gasteiger partial charge < -0.3 is 9.80 Å². The van der Waals surface area contributed by atoms with Crippen molar-refractivity contribution in [2.24, 2.45) is 10.2 Å². The summed E-state index contributed by atoms with van der Waals surface area (Å²) in [6, 6.07) is 25.5. The lowest BCUT2D eigenvalue weighted by Crippen LogP contribution is -2.31. The summed E-state index contributed by atoms with van der Waals surface area (Å²) in [5.41, 5.74) is 4.56. The molecule has 0 aliphatic rings. The molecule has 0 radical (unpaired) electrons. The number of benzene rings is 4. The van der Waals surface area contributed by atoms with Gasteiger partial charge in [0.2, 0.25) is 0 Å². The molecule has 5 rings (SSSR count). The van der Waals surface area contributed by atoms with E-state index < -0.39 is 0 Å². The van der Waals surface area contributed by atoms with E-state index in [4.69, 9.17) is 10.2 Å². The van der Waals surface area contributed by atoms with Crippen LogP contribution in [-0.2, 0) is 6.42 Å². The highest BCUT2D eigenvalue weighted by molar-refractivity contribution is 6.06. The van der Waals surface area contributed by atoms with E-state index in [1.54, 1.807) is 0 Å². The van der Waals surface area contributed by atoms with E-state index in [0.717, 1.165) is 23.4 Å². The fraction of sp³-hybridized carbons (Fsp3) is 0.194. The summed E-state index contributed by atoms with van der Waals surface area (Å²) < 4.78 is 3.80.